The van der Waals surface area contributed by atoms with Crippen molar-refractivity contribution in [1.82, 2.24) is 15.1 Å². The van der Waals surface area contributed by atoms with Crippen molar-refractivity contribution in [2.75, 3.05) is 33.7 Å². The minimum atomic E-state index is 0.695. The van der Waals surface area contributed by atoms with Gasteiger partial charge in [0, 0.05) is 18.2 Å². The number of hydrogen-bond donors (Lipinski definition) is 1. The molecule has 4 nitrogen and oxygen atoms in total. The Kier molecular flexibility index (Phi) is 5.43. The molecule has 1 aliphatic rings. The zero-order valence-corrected chi connectivity index (χ0v) is 12.5. The molecule has 0 atom stereocenters. The Labute approximate surface area is 116 Å². The summed E-state index contributed by atoms with van der Waals surface area (Å²) in [7, 11) is 4.17. The molecule has 0 spiro atoms. The second-order valence-corrected chi connectivity index (χ2v) is 5.53. The molecule has 1 fully saturated rings. The first-order chi connectivity index (χ1) is 9.22. The van der Waals surface area contributed by atoms with E-state index < -0.39 is 0 Å². The first-order valence-corrected chi connectivity index (χ1v) is 7.36. The number of furan rings is 1. The Morgan fingerprint density at radius 1 is 1.42 bits per heavy atom. The zero-order chi connectivity index (χ0) is 13.7. The topological polar surface area (TPSA) is 31.6 Å². The normalized spacial score (nSPS) is 18.3. The van der Waals surface area contributed by atoms with Crippen LogP contribution >= 0.6 is 0 Å². The van der Waals surface area contributed by atoms with Crippen molar-refractivity contribution in [3.05, 3.63) is 23.7 Å². The standard InChI is InChI=1S/C15H27N3O/c1-4-18-7-5-14(6-8-18)17(3)11-15-9-13(10-16-2)12-19-15/h9,12,14,16H,4-8,10-11H2,1-3H3. The van der Waals surface area contributed by atoms with E-state index in [1.807, 2.05) is 13.3 Å². The van der Waals surface area contributed by atoms with Crippen LogP contribution in [0.1, 0.15) is 31.1 Å². The largest absolute Gasteiger partial charge is 0.468 e. The first-order valence-electron chi connectivity index (χ1n) is 7.36. The summed E-state index contributed by atoms with van der Waals surface area (Å²) in [5.74, 6) is 1.07. The van der Waals surface area contributed by atoms with E-state index in [0.29, 0.717) is 6.04 Å². The molecule has 2 rings (SSSR count). The van der Waals surface area contributed by atoms with E-state index in [1.165, 1.54) is 38.0 Å². The third kappa shape index (κ3) is 4.06. The van der Waals surface area contributed by atoms with Gasteiger partial charge in [-0.3, -0.25) is 4.90 Å². The highest BCUT2D eigenvalue weighted by molar-refractivity contribution is 5.12. The van der Waals surface area contributed by atoms with Crippen LogP contribution in [0.15, 0.2) is 16.7 Å². The molecule has 0 amide bonds. The van der Waals surface area contributed by atoms with Crippen LogP contribution in [0.4, 0.5) is 0 Å². The maximum Gasteiger partial charge on any atom is 0.118 e. The SMILES string of the molecule is CCN1CCC(N(C)Cc2cc(CNC)co2)CC1. The minimum Gasteiger partial charge on any atom is -0.468 e. The van der Waals surface area contributed by atoms with Gasteiger partial charge < -0.3 is 14.6 Å². The fourth-order valence-electron chi connectivity index (χ4n) is 2.86. The van der Waals surface area contributed by atoms with Gasteiger partial charge in [0.05, 0.1) is 12.8 Å². The summed E-state index contributed by atoms with van der Waals surface area (Å²) in [5.41, 5.74) is 1.23. The molecule has 0 aliphatic carbocycles. The van der Waals surface area contributed by atoms with Gasteiger partial charge in [0.2, 0.25) is 0 Å². The number of likely N-dealkylation sites (tertiary alicyclic amines) is 1. The van der Waals surface area contributed by atoms with Crippen molar-refractivity contribution in [1.29, 1.82) is 0 Å². The minimum absolute atomic E-state index is 0.695. The molecule has 0 radical (unpaired) electrons. The number of rotatable bonds is 6. The molecule has 0 bridgehead atoms. The number of nitrogens with zero attached hydrogens (tertiary/aromatic N) is 2. The van der Waals surface area contributed by atoms with E-state index >= 15 is 0 Å². The van der Waals surface area contributed by atoms with Gasteiger partial charge in [-0.1, -0.05) is 6.92 Å². The smallest absolute Gasteiger partial charge is 0.118 e. The van der Waals surface area contributed by atoms with Gasteiger partial charge >= 0.3 is 0 Å². The van der Waals surface area contributed by atoms with Crippen LogP contribution in [-0.4, -0.2) is 49.6 Å². The van der Waals surface area contributed by atoms with Gasteiger partial charge in [-0.2, -0.15) is 0 Å². The molecule has 2 heterocycles. The maximum absolute atomic E-state index is 5.63. The molecular formula is C15H27N3O. The molecule has 1 aromatic heterocycles. The van der Waals surface area contributed by atoms with Gasteiger partial charge in [0.25, 0.3) is 0 Å². The van der Waals surface area contributed by atoms with Gasteiger partial charge in [-0.15, -0.1) is 0 Å². The molecule has 1 N–H and O–H groups in total. The van der Waals surface area contributed by atoms with Gasteiger partial charge in [-0.05, 0) is 52.6 Å². The average Bonchev–Trinajstić information content (AvgIpc) is 2.86. The Morgan fingerprint density at radius 3 is 2.79 bits per heavy atom. The molecule has 1 saturated heterocycles. The second-order valence-electron chi connectivity index (χ2n) is 5.53. The second kappa shape index (κ2) is 7.08. The number of nitrogens with one attached hydrogen (secondary N) is 1. The fraction of sp³-hybridized carbons (Fsp3) is 0.733. The van der Waals surface area contributed by atoms with E-state index in [4.69, 9.17) is 4.42 Å². The maximum atomic E-state index is 5.63. The monoisotopic (exact) mass is 265 g/mol. The van der Waals surface area contributed by atoms with E-state index in [2.05, 4.69) is 35.2 Å². The Balaban J connectivity index is 1.81. The highest BCUT2D eigenvalue weighted by Gasteiger charge is 2.22. The van der Waals surface area contributed by atoms with Gasteiger partial charge in [0.1, 0.15) is 5.76 Å². The number of hydrogen-bond acceptors (Lipinski definition) is 4. The van der Waals surface area contributed by atoms with E-state index in [9.17, 15) is 0 Å². The van der Waals surface area contributed by atoms with E-state index in [-0.39, 0.29) is 0 Å². The molecule has 0 aromatic carbocycles. The average molecular weight is 265 g/mol. The molecule has 0 unspecified atom stereocenters. The lowest BCUT2D eigenvalue weighted by Gasteiger charge is -2.35. The summed E-state index contributed by atoms with van der Waals surface area (Å²) in [4.78, 5) is 4.97. The van der Waals surface area contributed by atoms with Gasteiger partial charge in [0.15, 0.2) is 0 Å². The van der Waals surface area contributed by atoms with Crippen LogP contribution in [0.2, 0.25) is 0 Å². The van der Waals surface area contributed by atoms with Gasteiger partial charge in [-0.25, -0.2) is 0 Å². The molecule has 108 valence electrons. The van der Waals surface area contributed by atoms with E-state index in [1.54, 1.807) is 0 Å². The summed E-state index contributed by atoms with van der Waals surface area (Å²) in [5, 5.41) is 3.15. The summed E-state index contributed by atoms with van der Waals surface area (Å²) in [6.07, 6.45) is 4.40. The summed E-state index contributed by atoms with van der Waals surface area (Å²) in [6, 6.07) is 2.86. The summed E-state index contributed by atoms with van der Waals surface area (Å²) in [6.45, 7) is 7.68. The van der Waals surface area contributed by atoms with Crippen LogP contribution in [0.3, 0.4) is 0 Å². The van der Waals surface area contributed by atoms with Crippen molar-refractivity contribution < 1.29 is 4.42 Å². The molecule has 1 aromatic rings. The van der Waals surface area contributed by atoms with Crippen LogP contribution in [0.25, 0.3) is 0 Å². The molecule has 0 saturated carbocycles. The molecular weight excluding hydrogens is 238 g/mol. The summed E-state index contributed by atoms with van der Waals surface area (Å²) >= 11 is 0. The van der Waals surface area contributed by atoms with Crippen molar-refractivity contribution >= 4 is 0 Å². The van der Waals surface area contributed by atoms with Crippen LogP contribution in [-0.2, 0) is 13.1 Å². The third-order valence-electron chi connectivity index (χ3n) is 4.12. The number of piperidine rings is 1. The zero-order valence-electron chi connectivity index (χ0n) is 12.5. The van der Waals surface area contributed by atoms with Crippen molar-refractivity contribution in [2.24, 2.45) is 0 Å². The quantitative estimate of drug-likeness (QED) is 0.851. The predicted octanol–water partition coefficient (Wildman–Crippen LogP) is 1.92. The van der Waals surface area contributed by atoms with Crippen molar-refractivity contribution in [2.45, 2.75) is 38.9 Å². The lowest BCUT2D eigenvalue weighted by atomic mass is 10.0. The highest BCUT2D eigenvalue weighted by Crippen LogP contribution is 2.18. The lowest BCUT2D eigenvalue weighted by molar-refractivity contribution is 0.121. The van der Waals surface area contributed by atoms with Crippen LogP contribution in [0.5, 0.6) is 0 Å². The van der Waals surface area contributed by atoms with Crippen LogP contribution in [0, 0.1) is 0 Å². The van der Waals surface area contributed by atoms with E-state index in [0.717, 1.165) is 18.8 Å². The molecule has 4 heteroatoms. The third-order valence-corrected chi connectivity index (χ3v) is 4.12. The predicted molar refractivity (Wildman–Crippen MR) is 78.1 cm³/mol. The molecule has 1 aliphatic heterocycles. The van der Waals surface area contributed by atoms with Crippen molar-refractivity contribution in [3.63, 3.8) is 0 Å². The lowest BCUT2D eigenvalue weighted by Crippen LogP contribution is -2.42. The Morgan fingerprint density at radius 2 is 2.16 bits per heavy atom. The highest BCUT2D eigenvalue weighted by atomic mass is 16.3. The molecule has 19 heavy (non-hydrogen) atoms. The first kappa shape index (κ1) is 14.6. The summed E-state index contributed by atoms with van der Waals surface area (Å²) < 4.78 is 5.63. The van der Waals surface area contributed by atoms with Crippen molar-refractivity contribution in [3.8, 4) is 0 Å². The Hall–Kier alpha value is -0.840. The Bertz CT molecular complexity index is 369. The van der Waals surface area contributed by atoms with Crippen LogP contribution < -0.4 is 5.32 Å². The fourth-order valence-corrected chi connectivity index (χ4v) is 2.86.